The molecule has 0 fully saturated rings. The highest BCUT2D eigenvalue weighted by atomic mass is 19.4. The molecule has 1 unspecified atom stereocenters. The van der Waals surface area contributed by atoms with Gasteiger partial charge >= 0.3 is 6.18 Å². The fourth-order valence-corrected chi connectivity index (χ4v) is 2.81. The first-order chi connectivity index (χ1) is 11.0. The summed E-state index contributed by atoms with van der Waals surface area (Å²) in [5, 5.41) is 8.81. The van der Waals surface area contributed by atoms with E-state index >= 15 is 0 Å². The minimum atomic E-state index is -4.19. The predicted molar refractivity (Wildman–Crippen MR) is 78.4 cm³/mol. The molecule has 0 aliphatic heterocycles. The van der Waals surface area contributed by atoms with Gasteiger partial charge in [-0.25, -0.2) is 9.97 Å². The Hall–Kier alpha value is -2.42. The van der Waals surface area contributed by atoms with Crippen LogP contribution in [0.1, 0.15) is 29.7 Å². The molecule has 3 rings (SSSR count). The van der Waals surface area contributed by atoms with Crippen molar-refractivity contribution in [3.8, 4) is 17.5 Å². The minimum absolute atomic E-state index is 0.0926. The average Bonchev–Trinajstić information content (AvgIpc) is 2.76. The zero-order valence-electron chi connectivity index (χ0n) is 12.3. The van der Waals surface area contributed by atoms with Crippen LogP contribution in [-0.4, -0.2) is 16.1 Å². The zero-order valence-corrected chi connectivity index (χ0v) is 12.3. The van der Waals surface area contributed by atoms with Gasteiger partial charge in [0, 0.05) is 23.9 Å². The van der Waals surface area contributed by atoms with Crippen LogP contribution in [0.25, 0.3) is 11.4 Å². The van der Waals surface area contributed by atoms with Gasteiger partial charge in [0.2, 0.25) is 0 Å². The number of hydrogen-bond donors (Lipinski definition) is 0. The van der Waals surface area contributed by atoms with E-state index in [-0.39, 0.29) is 12.8 Å². The smallest absolute Gasteiger partial charge is 0.236 e. The first kappa shape index (κ1) is 15.5. The number of rotatable bonds is 1. The number of nitriles is 1. The summed E-state index contributed by atoms with van der Waals surface area (Å²) in [5.74, 6) is -0.941. The lowest BCUT2D eigenvalue weighted by Crippen LogP contribution is -2.24. The Labute approximate surface area is 131 Å². The molecule has 0 spiro atoms. The molecule has 0 N–H and O–H groups in total. The quantitative estimate of drug-likeness (QED) is 0.745. The lowest BCUT2D eigenvalue weighted by atomic mass is 9.99. The molecule has 0 saturated heterocycles. The Kier molecular flexibility index (Phi) is 4.03. The topological polar surface area (TPSA) is 49.6 Å². The van der Waals surface area contributed by atoms with E-state index in [9.17, 15) is 13.2 Å². The Morgan fingerprint density at radius 3 is 2.57 bits per heavy atom. The number of halogens is 3. The number of aryl methyl sites for hydroxylation is 1. The van der Waals surface area contributed by atoms with Crippen molar-refractivity contribution in [1.82, 2.24) is 9.97 Å². The fourth-order valence-electron chi connectivity index (χ4n) is 2.81. The molecule has 0 bridgehead atoms. The van der Waals surface area contributed by atoms with E-state index < -0.39 is 12.1 Å². The van der Waals surface area contributed by atoms with Gasteiger partial charge in [-0.3, -0.25) is 0 Å². The van der Waals surface area contributed by atoms with Crippen LogP contribution in [0.15, 0.2) is 30.5 Å². The normalized spacial score (nSPS) is 17.9. The van der Waals surface area contributed by atoms with Crippen molar-refractivity contribution < 1.29 is 13.2 Å². The Morgan fingerprint density at radius 1 is 1.17 bits per heavy atom. The largest absolute Gasteiger partial charge is 0.392 e. The van der Waals surface area contributed by atoms with Crippen molar-refractivity contribution in [2.45, 2.75) is 31.9 Å². The molecule has 23 heavy (non-hydrogen) atoms. The maximum atomic E-state index is 13.0. The first-order valence-electron chi connectivity index (χ1n) is 7.39. The molecule has 6 heteroatoms. The first-order valence-corrected chi connectivity index (χ1v) is 7.39. The number of alkyl halides is 3. The molecule has 1 aromatic carbocycles. The SMILES string of the molecule is N#Cc1ccc(-c2ncc3c(n2)CC(C(F)(F)F)CCC3)cc1. The van der Waals surface area contributed by atoms with Crippen molar-refractivity contribution in [2.24, 2.45) is 5.92 Å². The molecule has 1 atom stereocenters. The molecule has 118 valence electrons. The van der Waals surface area contributed by atoms with E-state index in [0.717, 1.165) is 5.56 Å². The van der Waals surface area contributed by atoms with Crippen LogP contribution >= 0.6 is 0 Å². The molecule has 1 aliphatic rings. The van der Waals surface area contributed by atoms with Gasteiger partial charge in [0.15, 0.2) is 5.82 Å². The van der Waals surface area contributed by atoms with Gasteiger partial charge < -0.3 is 0 Å². The number of nitrogens with zero attached hydrogens (tertiary/aromatic N) is 3. The van der Waals surface area contributed by atoms with E-state index in [0.29, 0.717) is 35.5 Å². The van der Waals surface area contributed by atoms with Crippen molar-refractivity contribution in [2.75, 3.05) is 0 Å². The molecule has 3 nitrogen and oxygen atoms in total. The van der Waals surface area contributed by atoms with Gasteiger partial charge in [0.1, 0.15) is 0 Å². The van der Waals surface area contributed by atoms with E-state index in [2.05, 4.69) is 9.97 Å². The predicted octanol–water partition coefficient (Wildman–Crippen LogP) is 4.07. The standard InChI is InChI=1S/C17H14F3N3/c18-17(19,20)14-3-1-2-13-10-22-16(23-15(13)8-14)12-6-4-11(9-21)5-7-12/h4-7,10,14H,1-3,8H2. The molecule has 1 heterocycles. The molecular weight excluding hydrogens is 303 g/mol. The molecule has 0 radical (unpaired) electrons. The summed E-state index contributed by atoms with van der Waals surface area (Å²) in [4.78, 5) is 8.64. The summed E-state index contributed by atoms with van der Waals surface area (Å²) in [5.41, 5.74) is 2.49. The van der Waals surface area contributed by atoms with Crippen LogP contribution in [-0.2, 0) is 12.8 Å². The lowest BCUT2D eigenvalue weighted by Gasteiger charge is -2.18. The summed E-state index contributed by atoms with van der Waals surface area (Å²) in [6.45, 7) is 0. The molecule has 1 aliphatic carbocycles. The molecule has 0 amide bonds. The summed E-state index contributed by atoms with van der Waals surface area (Å²) in [6.07, 6.45) is -1.45. The average molecular weight is 317 g/mol. The third kappa shape index (κ3) is 3.34. The summed E-state index contributed by atoms with van der Waals surface area (Å²) < 4.78 is 39.1. The van der Waals surface area contributed by atoms with Crippen LogP contribution in [0.5, 0.6) is 0 Å². The van der Waals surface area contributed by atoms with Gasteiger partial charge in [0.25, 0.3) is 0 Å². The molecule has 0 saturated carbocycles. The second kappa shape index (κ2) is 5.99. The van der Waals surface area contributed by atoms with Crippen LogP contribution in [0.2, 0.25) is 0 Å². The van der Waals surface area contributed by atoms with Gasteiger partial charge in [-0.1, -0.05) is 0 Å². The molecule has 1 aromatic heterocycles. The van der Waals surface area contributed by atoms with Crippen LogP contribution in [0.4, 0.5) is 13.2 Å². The van der Waals surface area contributed by atoms with E-state index in [1.807, 2.05) is 6.07 Å². The Balaban J connectivity index is 1.94. The van der Waals surface area contributed by atoms with Crippen molar-refractivity contribution in [3.63, 3.8) is 0 Å². The van der Waals surface area contributed by atoms with E-state index in [1.54, 1.807) is 30.5 Å². The van der Waals surface area contributed by atoms with Gasteiger partial charge in [-0.2, -0.15) is 18.4 Å². The maximum Gasteiger partial charge on any atom is 0.392 e. The monoisotopic (exact) mass is 317 g/mol. The zero-order chi connectivity index (χ0) is 16.4. The lowest BCUT2D eigenvalue weighted by molar-refractivity contribution is -0.175. The van der Waals surface area contributed by atoms with E-state index in [1.165, 1.54) is 0 Å². The molecule has 2 aromatic rings. The number of fused-ring (bicyclic) bond motifs is 1. The highest BCUT2D eigenvalue weighted by Crippen LogP contribution is 2.35. The third-order valence-corrected chi connectivity index (χ3v) is 4.13. The molecular formula is C17H14F3N3. The highest BCUT2D eigenvalue weighted by molar-refractivity contribution is 5.56. The number of aromatic nitrogens is 2. The van der Waals surface area contributed by atoms with Crippen LogP contribution < -0.4 is 0 Å². The summed E-state index contributed by atoms with van der Waals surface area (Å²) >= 11 is 0. The van der Waals surface area contributed by atoms with Crippen molar-refractivity contribution >= 4 is 0 Å². The van der Waals surface area contributed by atoms with Gasteiger partial charge in [0.05, 0.1) is 17.6 Å². The fraction of sp³-hybridized carbons (Fsp3) is 0.353. The van der Waals surface area contributed by atoms with E-state index in [4.69, 9.17) is 5.26 Å². The van der Waals surface area contributed by atoms with Crippen LogP contribution in [0.3, 0.4) is 0 Å². The number of benzene rings is 1. The van der Waals surface area contributed by atoms with Gasteiger partial charge in [-0.15, -0.1) is 0 Å². The second-order valence-corrected chi connectivity index (χ2v) is 5.69. The van der Waals surface area contributed by atoms with Crippen molar-refractivity contribution in [3.05, 3.63) is 47.3 Å². The second-order valence-electron chi connectivity index (χ2n) is 5.69. The third-order valence-electron chi connectivity index (χ3n) is 4.13. The van der Waals surface area contributed by atoms with Crippen LogP contribution in [0, 0.1) is 17.2 Å². The maximum absolute atomic E-state index is 13.0. The Bertz CT molecular complexity index is 745. The Morgan fingerprint density at radius 2 is 1.91 bits per heavy atom. The van der Waals surface area contributed by atoms with Crippen molar-refractivity contribution in [1.29, 1.82) is 5.26 Å². The highest BCUT2D eigenvalue weighted by Gasteiger charge is 2.40. The van der Waals surface area contributed by atoms with Gasteiger partial charge in [-0.05, 0) is 49.1 Å². The summed E-state index contributed by atoms with van der Waals surface area (Å²) in [7, 11) is 0. The number of hydrogen-bond acceptors (Lipinski definition) is 3. The summed E-state index contributed by atoms with van der Waals surface area (Å²) in [6, 6.07) is 8.72. The minimum Gasteiger partial charge on any atom is -0.236 e.